The van der Waals surface area contributed by atoms with Crippen LogP contribution in [0.25, 0.3) is 0 Å². The van der Waals surface area contributed by atoms with Crippen LogP contribution in [-0.2, 0) is 4.79 Å². The van der Waals surface area contributed by atoms with Gasteiger partial charge in [0.05, 0.1) is 6.04 Å². The molecular weight excluding hydrogens is 250 g/mol. The highest BCUT2D eigenvalue weighted by Crippen LogP contribution is 2.22. The highest BCUT2D eigenvalue weighted by Gasteiger charge is 2.30. The lowest BCUT2D eigenvalue weighted by Crippen LogP contribution is -2.51. The number of rotatable bonds is 7. The molecule has 0 spiro atoms. The summed E-state index contributed by atoms with van der Waals surface area (Å²) in [6.07, 6.45) is 2.40. The van der Waals surface area contributed by atoms with Crippen LogP contribution in [0.4, 0.5) is 0 Å². The zero-order valence-electron chi connectivity index (χ0n) is 14.0. The first kappa shape index (κ1) is 17.4. The Morgan fingerprint density at radius 2 is 1.75 bits per heavy atom. The number of nitrogens with zero attached hydrogens (tertiary/aromatic N) is 2. The Morgan fingerprint density at radius 1 is 1.20 bits per heavy atom. The van der Waals surface area contributed by atoms with Gasteiger partial charge in [0.2, 0.25) is 5.91 Å². The van der Waals surface area contributed by atoms with E-state index in [1.165, 1.54) is 12.8 Å². The molecule has 1 saturated heterocycles. The van der Waals surface area contributed by atoms with Gasteiger partial charge in [-0.15, -0.1) is 0 Å². The predicted octanol–water partition coefficient (Wildman–Crippen LogP) is 1.95. The van der Waals surface area contributed by atoms with E-state index >= 15 is 0 Å². The highest BCUT2D eigenvalue weighted by atomic mass is 16.2. The van der Waals surface area contributed by atoms with Gasteiger partial charge in [0, 0.05) is 19.1 Å². The number of hydrogen-bond acceptors (Lipinski definition) is 3. The van der Waals surface area contributed by atoms with Crippen LogP contribution in [0.1, 0.15) is 47.5 Å². The number of carbonyl (C=O) groups excluding carboxylic acids is 1. The van der Waals surface area contributed by atoms with Gasteiger partial charge in [0.15, 0.2) is 0 Å². The molecule has 0 aromatic carbocycles. The Morgan fingerprint density at radius 3 is 2.20 bits per heavy atom. The van der Waals surface area contributed by atoms with Crippen LogP contribution in [0.3, 0.4) is 0 Å². The number of piperidine rings is 1. The molecule has 20 heavy (non-hydrogen) atoms. The molecule has 2 atom stereocenters. The van der Waals surface area contributed by atoms with Crippen molar-refractivity contribution >= 4 is 5.91 Å². The molecule has 1 N–H and O–H groups in total. The van der Waals surface area contributed by atoms with E-state index in [2.05, 4.69) is 44.8 Å². The Labute approximate surface area is 124 Å². The molecule has 4 heteroatoms. The molecule has 1 aliphatic rings. The lowest BCUT2D eigenvalue weighted by Gasteiger charge is -2.39. The first-order valence-corrected chi connectivity index (χ1v) is 8.31. The van der Waals surface area contributed by atoms with Crippen LogP contribution in [0.2, 0.25) is 0 Å². The van der Waals surface area contributed by atoms with E-state index in [-0.39, 0.29) is 11.9 Å². The van der Waals surface area contributed by atoms with Gasteiger partial charge in [0.25, 0.3) is 0 Å². The molecule has 1 rings (SSSR count). The first-order chi connectivity index (χ1) is 9.54. The molecule has 0 aromatic rings. The smallest absolute Gasteiger partial charge is 0.239 e. The molecular formula is C16H33N3O. The summed E-state index contributed by atoms with van der Waals surface area (Å²) >= 11 is 0. The van der Waals surface area contributed by atoms with Crippen molar-refractivity contribution in [3.8, 4) is 0 Å². The quantitative estimate of drug-likeness (QED) is 0.776. The summed E-state index contributed by atoms with van der Waals surface area (Å²) in [6, 6.07) is 0.626. The number of hydrogen-bond donors (Lipinski definition) is 1. The van der Waals surface area contributed by atoms with E-state index in [9.17, 15) is 4.79 Å². The molecule has 1 aliphatic heterocycles. The third-order valence-electron chi connectivity index (χ3n) is 4.79. The Kier molecular flexibility index (Phi) is 7.52. The summed E-state index contributed by atoms with van der Waals surface area (Å²) in [5.74, 6) is 1.04. The van der Waals surface area contributed by atoms with E-state index in [1.54, 1.807) is 0 Å². The zero-order valence-corrected chi connectivity index (χ0v) is 14.0. The van der Waals surface area contributed by atoms with Crippen LogP contribution in [0.15, 0.2) is 0 Å². The second kappa shape index (κ2) is 8.63. The second-order valence-corrected chi connectivity index (χ2v) is 5.91. The van der Waals surface area contributed by atoms with Crippen LogP contribution < -0.4 is 5.32 Å². The number of carbonyl (C=O) groups is 1. The van der Waals surface area contributed by atoms with Crippen molar-refractivity contribution in [2.24, 2.45) is 5.92 Å². The molecule has 1 fully saturated rings. The van der Waals surface area contributed by atoms with Gasteiger partial charge in [-0.3, -0.25) is 9.69 Å². The molecule has 1 amide bonds. The molecule has 2 unspecified atom stereocenters. The third-order valence-corrected chi connectivity index (χ3v) is 4.79. The van der Waals surface area contributed by atoms with Crippen molar-refractivity contribution in [1.82, 2.24) is 15.1 Å². The molecule has 0 aliphatic carbocycles. The van der Waals surface area contributed by atoms with Gasteiger partial charge in [-0.25, -0.2) is 0 Å². The number of likely N-dealkylation sites (tertiary alicyclic amines) is 1. The third kappa shape index (κ3) is 4.45. The minimum Gasteiger partial charge on any atom is -0.342 e. The summed E-state index contributed by atoms with van der Waals surface area (Å²) < 4.78 is 0. The number of nitrogens with one attached hydrogen (secondary N) is 1. The Bertz CT molecular complexity index is 283. The van der Waals surface area contributed by atoms with Gasteiger partial charge in [0.1, 0.15) is 0 Å². The van der Waals surface area contributed by atoms with E-state index in [4.69, 9.17) is 0 Å². The molecule has 0 aromatic heterocycles. The average Bonchev–Trinajstić information content (AvgIpc) is 2.48. The largest absolute Gasteiger partial charge is 0.342 e. The first-order valence-electron chi connectivity index (χ1n) is 8.31. The normalized spacial score (nSPS) is 20.6. The average molecular weight is 283 g/mol. The minimum atomic E-state index is 0.0327. The van der Waals surface area contributed by atoms with Gasteiger partial charge < -0.3 is 10.2 Å². The standard InChI is InChI=1S/C16H33N3O/c1-6-17-13(4)15-9-11-19(12-10-15)14(5)16(20)18(7-2)8-3/h13-15,17H,6-12H2,1-5H3. The van der Waals surface area contributed by atoms with Gasteiger partial charge >= 0.3 is 0 Å². The topological polar surface area (TPSA) is 35.6 Å². The maximum Gasteiger partial charge on any atom is 0.239 e. The van der Waals surface area contributed by atoms with E-state index in [1.807, 2.05) is 4.90 Å². The zero-order chi connectivity index (χ0) is 15.1. The van der Waals surface area contributed by atoms with Crippen molar-refractivity contribution in [2.45, 2.75) is 59.5 Å². The Balaban J connectivity index is 2.46. The fourth-order valence-corrected chi connectivity index (χ4v) is 3.25. The van der Waals surface area contributed by atoms with E-state index in [0.29, 0.717) is 6.04 Å². The minimum absolute atomic E-state index is 0.0327. The fourth-order valence-electron chi connectivity index (χ4n) is 3.25. The van der Waals surface area contributed by atoms with Crippen molar-refractivity contribution in [3.63, 3.8) is 0 Å². The second-order valence-electron chi connectivity index (χ2n) is 5.91. The van der Waals surface area contributed by atoms with Crippen molar-refractivity contribution in [1.29, 1.82) is 0 Å². The summed E-state index contributed by atoms with van der Waals surface area (Å²) in [6.45, 7) is 15.4. The van der Waals surface area contributed by atoms with Crippen molar-refractivity contribution in [3.05, 3.63) is 0 Å². The molecule has 0 bridgehead atoms. The lowest BCUT2D eigenvalue weighted by atomic mass is 9.89. The predicted molar refractivity (Wildman–Crippen MR) is 84.8 cm³/mol. The van der Waals surface area contributed by atoms with Gasteiger partial charge in [-0.05, 0) is 66.1 Å². The van der Waals surface area contributed by atoms with Crippen LogP contribution in [-0.4, -0.2) is 60.5 Å². The number of likely N-dealkylation sites (N-methyl/N-ethyl adjacent to an activating group) is 1. The van der Waals surface area contributed by atoms with E-state index in [0.717, 1.165) is 38.6 Å². The summed E-state index contributed by atoms with van der Waals surface area (Å²) in [4.78, 5) is 16.7. The molecule has 0 saturated carbocycles. The maximum atomic E-state index is 12.4. The van der Waals surface area contributed by atoms with E-state index < -0.39 is 0 Å². The molecule has 0 radical (unpaired) electrons. The van der Waals surface area contributed by atoms with Crippen LogP contribution in [0, 0.1) is 5.92 Å². The molecule has 118 valence electrons. The fraction of sp³-hybridized carbons (Fsp3) is 0.938. The van der Waals surface area contributed by atoms with Gasteiger partial charge in [-0.1, -0.05) is 6.92 Å². The Hall–Kier alpha value is -0.610. The lowest BCUT2D eigenvalue weighted by molar-refractivity contribution is -0.136. The highest BCUT2D eigenvalue weighted by molar-refractivity contribution is 5.81. The molecule has 4 nitrogen and oxygen atoms in total. The molecule has 1 heterocycles. The SMILES string of the molecule is CCNC(C)C1CCN(C(C)C(=O)N(CC)CC)CC1. The van der Waals surface area contributed by atoms with Crippen molar-refractivity contribution in [2.75, 3.05) is 32.7 Å². The monoisotopic (exact) mass is 283 g/mol. The van der Waals surface area contributed by atoms with Crippen LogP contribution in [0.5, 0.6) is 0 Å². The maximum absolute atomic E-state index is 12.4. The summed E-state index contributed by atoms with van der Waals surface area (Å²) in [7, 11) is 0. The summed E-state index contributed by atoms with van der Waals surface area (Å²) in [5.41, 5.74) is 0. The van der Waals surface area contributed by atoms with Crippen LogP contribution >= 0.6 is 0 Å². The van der Waals surface area contributed by atoms with Crippen molar-refractivity contribution < 1.29 is 4.79 Å². The van der Waals surface area contributed by atoms with Gasteiger partial charge in [-0.2, -0.15) is 0 Å². The summed E-state index contributed by atoms with van der Waals surface area (Å²) in [5, 5.41) is 3.52. The number of amides is 1.